The van der Waals surface area contributed by atoms with Crippen molar-refractivity contribution < 1.29 is 5.11 Å². The fourth-order valence-corrected chi connectivity index (χ4v) is 1.05. The summed E-state index contributed by atoms with van der Waals surface area (Å²) in [5.41, 5.74) is 0. The summed E-state index contributed by atoms with van der Waals surface area (Å²) in [5.74, 6) is 0.329. The zero-order chi connectivity index (χ0) is 8.97. The molecular formula is C7H8BrN3O. The number of rotatable bonds is 3. The predicted molar refractivity (Wildman–Crippen MR) is 46.7 cm³/mol. The van der Waals surface area contributed by atoms with Gasteiger partial charge < -0.3 is 9.67 Å². The summed E-state index contributed by atoms with van der Waals surface area (Å²) in [6, 6.07) is 1.93. The third-order valence-corrected chi connectivity index (χ3v) is 2.15. The zero-order valence-electron chi connectivity index (χ0n) is 6.31. The summed E-state index contributed by atoms with van der Waals surface area (Å²) in [6.07, 6.45) is 2.73. The van der Waals surface area contributed by atoms with Crippen LogP contribution in [-0.4, -0.2) is 26.1 Å². The van der Waals surface area contributed by atoms with Crippen molar-refractivity contribution in [3.05, 3.63) is 18.2 Å². The molecule has 5 heteroatoms. The highest BCUT2D eigenvalue weighted by Crippen LogP contribution is 2.00. The molecule has 0 bridgehead atoms. The molecule has 0 aliphatic heterocycles. The molecule has 1 unspecified atom stereocenters. The van der Waals surface area contributed by atoms with Gasteiger partial charge in [0.15, 0.2) is 0 Å². The topological polar surface area (TPSA) is 61.8 Å². The minimum atomic E-state index is -0.480. The second kappa shape index (κ2) is 4.24. The van der Waals surface area contributed by atoms with Gasteiger partial charge in [-0.2, -0.15) is 5.26 Å². The monoisotopic (exact) mass is 229 g/mol. The maximum atomic E-state index is 9.24. The second-order valence-electron chi connectivity index (χ2n) is 2.32. The first kappa shape index (κ1) is 9.23. The molecule has 1 rings (SSSR count). The number of aliphatic hydroxyl groups is 1. The van der Waals surface area contributed by atoms with E-state index in [4.69, 9.17) is 5.26 Å². The average molecular weight is 230 g/mol. The average Bonchev–Trinajstić information content (AvgIpc) is 2.51. The number of imidazole rings is 1. The van der Waals surface area contributed by atoms with Crippen LogP contribution in [-0.2, 0) is 6.54 Å². The van der Waals surface area contributed by atoms with Gasteiger partial charge in [-0.15, -0.1) is 0 Å². The Balaban J connectivity index is 2.69. The normalized spacial score (nSPS) is 12.4. The summed E-state index contributed by atoms with van der Waals surface area (Å²) >= 11 is 3.14. The Bertz CT molecular complexity index is 291. The Morgan fingerprint density at radius 3 is 3.17 bits per heavy atom. The highest BCUT2D eigenvalue weighted by Gasteiger charge is 2.06. The van der Waals surface area contributed by atoms with Crippen LogP contribution in [0.5, 0.6) is 0 Å². The molecule has 0 amide bonds. The molecule has 1 heterocycles. The van der Waals surface area contributed by atoms with Crippen molar-refractivity contribution in [3.8, 4) is 6.07 Å². The van der Waals surface area contributed by atoms with E-state index in [1.54, 1.807) is 17.0 Å². The Labute approximate surface area is 78.6 Å². The van der Waals surface area contributed by atoms with Gasteiger partial charge in [0.05, 0.1) is 12.6 Å². The van der Waals surface area contributed by atoms with Crippen molar-refractivity contribution in [1.29, 1.82) is 5.26 Å². The summed E-state index contributed by atoms with van der Waals surface area (Å²) in [5, 5.41) is 18.3. The van der Waals surface area contributed by atoms with E-state index in [9.17, 15) is 5.11 Å². The van der Waals surface area contributed by atoms with Crippen molar-refractivity contribution in [2.24, 2.45) is 0 Å². The van der Waals surface area contributed by atoms with Gasteiger partial charge in [-0.25, -0.2) is 4.98 Å². The predicted octanol–water partition coefficient (Wildman–Crippen LogP) is 0.511. The molecule has 64 valence electrons. The maximum Gasteiger partial charge on any atom is 0.212 e. The molecule has 1 aromatic rings. The minimum absolute atomic E-state index is 0.329. The van der Waals surface area contributed by atoms with Crippen LogP contribution in [0.25, 0.3) is 0 Å². The van der Waals surface area contributed by atoms with E-state index in [-0.39, 0.29) is 0 Å². The van der Waals surface area contributed by atoms with Crippen LogP contribution in [0.2, 0.25) is 0 Å². The van der Waals surface area contributed by atoms with Gasteiger partial charge >= 0.3 is 0 Å². The van der Waals surface area contributed by atoms with Crippen LogP contribution in [0.1, 0.15) is 5.82 Å². The fraction of sp³-hybridized carbons (Fsp3) is 0.429. The van der Waals surface area contributed by atoms with Gasteiger partial charge in [0.25, 0.3) is 0 Å². The Morgan fingerprint density at radius 1 is 1.83 bits per heavy atom. The Morgan fingerprint density at radius 2 is 2.58 bits per heavy atom. The van der Waals surface area contributed by atoms with Gasteiger partial charge in [0.2, 0.25) is 5.82 Å². The lowest BCUT2D eigenvalue weighted by atomic mass is 10.4. The van der Waals surface area contributed by atoms with E-state index in [2.05, 4.69) is 20.9 Å². The molecule has 1 aromatic heterocycles. The molecule has 1 N–H and O–H groups in total. The van der Waals surface area contributed by atoms with Crippen LogP contribution >= 0.6 is 15.9 Å². The standard InChI is InChI=1S/C7H8BrN3O/c8-3-6(12)5-11-2-1-10-7(11)4-9/h1-2,6,12H,3,5H2. The van der Waals surface area contributed by atoms with Crippen molar-refractivity contribution >= 4 is 15.9 Å². The van der Waals surface area contributed by atoms with E-state index in [1.165, 1.54) is 0 Å². The highest BCUT2D eigenvalue weighted by molar-refractivity contribution is 9.09. The van der Waals surface area contributed by atoms with Gasteiger partial charge in [-0.05, 0) is 0 Å². The molecule has 0 fully saturated rings. The largest absolute Gasteiger partial charge is 0.390 e. The lowest BCUT2D eigenvalue weighted by Crippen LogP contribution is -2.17. The molecule has 0 aliphatic carbocycles. The molecule has 0 aliphatic rings. The van der Waals surface area contributed by atoms with Gasteiger partial charge in [0, 0.05) is 17.7 Å². The van der Waals surface area contributed by atoms with Gasteiger partial charge in [0.1, 0.15) is 6.07 Å². The van der Waals surface area contributed by atoms with Gasteiger partial charge in [-0.1, -0.05) is 15.9 Å². The van der Waals surface area contributed by atoms with Crippen LogP contribution in [0.15, 0.2) is 12.4 Å². The van der Waals surface area contributed by atoms with Gasteiger partial charge in [-0.3, -0.25) is 0 Å². The Hall–Kier alpha value is -0.860. The number of hydrogen-bond donors (Lipinski definition) is 1. The zero-order valence-corrected chi connectivity index (χ0v) is 7.90. The van der Waals surface area contributed by atoms with Crippen LogP contribution in [0.4, 0.5) is 0 Å². The number of aliphatic hydroxyl groups excluding tert-OH is 1. The SMILES string of the molecule is N#Cc1nccn1CC(O)CBr. The van der Waals surface area contributed by atoms with E-state index in [0.29, 0.717) is 17.7 Å². The fourth-order valence-electron chi connectivity index (χ4n) is 0.845. The summed E-state index contributed by atoms with van der Waals surface area (Å²) in [6.45, 7) is 0.397. The van der Waals surface area contributed by atoms with E-state index in [0.717, 1.165) is 0 Å². The molecule has 0 radical (unpaired) electrons. The third kappa shape index (κ3) is 2.06. The van der Waals surface area contributed by atoms with Crippen molar-refractivity contribution in [2.45, 2.75) is 12.6 Å². The third-order valence-electron chi connectivity index (χ3n) is 1.40. The first-order valence-electron chi connectivity index (χ1n) is 3.43. The molecule has 0 aromatic carbocycles. The van der Waals surface area contributed by atoms with Crippen LogP contribution in [0.3, 0.4) is 0 Å². The number of halogens is 1. The minimum Gasteiger partial charge on any atom is -0.390 e. The summed E-state index contributed by atoms with van der Waals surface area (Å²) in [7, 11) is 0. The van der Waals surface area contributed by atoms with Crippen molar-refractivity contribution in [3.63, 3.8) is 0 Å². The lowest BCUT2D eigenvalue weighted by molar-refractivity contribution is 0.179. The van der Waals surface area contributed by atoms with Crippen molar-refractivity contribution in [2.75, 3.05) is 5.33 Å². The molecule has 0 spiro atoms. The number of nitriles is 1. The van der Waals surface area contributed by atoms with Crippen LogP contribution in [0, 0.1) is 11.3 Å². The Kier molecular flexibility index (Phi) is 3.26. The number of nitrogens with zero attached hydrogens (tertiary/aromatic N) is 3. The summed E-state index contributed by atoms with van der Waals surface area (Å²) < 4.78 is 1.62. The molecule has 0 saturated heterocycles. The molecule has 4 nitrogen and oxygen atoms in total. The molecular weight excluding hydrogens is 222 g/mol. The quantitative estimate of drug-likeness (QED) is 0.769. The van der Waals surface area contributed by atoms with E-state index in [1.807, 2.05) is 6.07 Å². The smallest absolute Gasteiger partial charge is 0.212 e. The highest BCUT2D eigenvalue weighted by atomic mass is 79.9. The number of alkyl halides is 1. The summed E-state index contributed by atoms with van der Waals surface area (Å²) in [4.78, 5) is 3.80. The van der Waals surface area contributed by atoms with E-state index >= 15 is 0 Å². The first-order chi connectivity index (χ1) is 5.77. The molecule has 12 heavy (non-hydrogen) atoms. The van der Waals surface area contributed by atoms with E-state index < -0.39 is 6.10 Å². The number of aromatic nitrogens is 2. The lowest BCUT2D eigenvalue weighted by Gasteiger charge is -2.07. The maximum absolute atomic E-state index is 9.24. The van der Waals surface area contributed by atoms with Crippen molar-refractivity contribution in [1.82, 2.24) is 9.55 Å². The molecule has 0 saturated carbocycles. The first-order valence-corrected chi connectivity index (χ1v) is 4.55. The second-order valence-corrected chi connectivity index (χ2v) is 2.97. The number of hydrogen-bond acceptors (Lipinski definition) is 3. The van der Waals surface area contributed by atoms with Crippen LogP contribution < -0.4 is 0 Å². The molecule has 1 atom stereocenters.